The molecule has 0 aliphatic heterocycles. The minimum atomic E-state index is -5.46. The molecule has 2 aromatic carbocycles. The average Bonchev–Trinajstić information content (AvgIpc) is 2.80. The van der Waals surface area contributed by atoms with E-state index in [1.807, 2.05) is 0 Å². The standard InChI is InChI=1S/C23H16F12O4/c1-18(16(36)37,10-3-12(20(24,25)26)7-13(4-10)21(27,28)29)9-19(2,17(38)39)11-5-14(22(30,31)32)8-15(6-11)23(33,34)35/h3-8H,9H2,1-2H3,(H,36,37)(H,38,39)/i/hD. The Morgan fingerprint density at radius 1 is 0.564 bits per heavy atom. The van der Waals surface area contributed by atoms with Crippen LogP contribution in [0.5, 0.6) is 0 Å². The van der Waals surface area contributed by atoms with E-state index in [4.69, 9.17) is 1.43 Å². The molecule has 0 bridgehead atoms. The van der Waals surface area contributed by atoms with E-state index in [0.717, 1.165) is 0 Å². The van der Waals surface area contributed by atoms with Crippen LogP contribution in [0.3, 0.4) is 0 Å². The smallest absolute Gasteiger partial charge is 0.416 e. The third-order valence-electron chi connectivity index (χ3n) is 6.08. The molecule has 0 amide bonds. The van der Waals surface area contributed by atoms with Crippen molar-refractivity contribution >= 4 is 11.9 Å². The molecule has 39 heavy (non-hydrogen) atoms. The summed E-state index contributed by atoms with van der Waals surface area (Å²) in [6.07, 6.45) is -23.4. The van der Waals surface area contributed by atoms with Crippen LogP contribution in [0, 0.1) is 0 Å². The molecular weight excluding hydrogens is 568 g/mol. The van der Waals surface area contributed by atoms with Crippen LogP contribution >= 0.6 is 0 Å². The fourth-order valence-corrected chi connectivity index (χ4v) is 3.85. The van der Waals surface area contributed by atoms with E-state index >= 15 is 0 Å². The first-order chi connectivity index (χ1) is 17.8. The topological polar surface area (TPSA) is 74.6 Å². The molecule has 2 atom stereocenters. The van der Waals surface area contributed by atoms with Gasteiger partial charge in [-0.15, -0.1) is 0 Å². The van der Waals surface area contributed by atoms with Gasteiger partial charge in [-0.2, -0.15) is 52.7 Å². The van der Waals surface area contributed by atoms with Gasteiger partial charge in [-0.05, 0) is 67.8 Å². The average molecular weight is 585 g/mol. The molecule has 216 valence electrons. The summed E-state index contributed by atoms with van der Waals surface area (Å²) in [5.41, 5.74) is -16.3. The van der Waals surface area contributed by atoms with Crippen molar-refractivity contribution < 1.29 is 72.5 Å². The van der Waals surface area contributed by atoms with Gasteiger partial charge < -0.3 is 10.2 Å². The maximum Gasteiger partial charge on any atom is 0.416 e. The van der Waals surface area contributed by atoms with Crippen molar-refractivity contribution in [2.24, 2.45) is 0 Å². The van der Waals surface area contributed by atoms with Gasteiger partial charge in [0.25, 0.3) is 1.43 Å². The first-order valence-electron chi connectivity index (χ1n) is 10.7. The number of carbonyl (C=O) groups is 2. The van der Waals surface area contributed by atoms with Crippen LogP contribution in [0.2, 0.25) is 0 Å². The van der Waals surface area contributed by atoms with E-state index in [0.29, 0.717) is 13.8 Å². The van der Waals surface area contributed by atoms with Gasteiger partial charge in [0.1, 0.15) is 0 Å². The molecule has 0 spiro atoms. The number of carboxylic acid groups (broad SMARTS) is 2. The predicted molar refractivity (Wildman–Crippen MR) is 107 cm³/mol. The molecule has 16 heteroatoms. The Morgan fingerprint density at radius 2 is 0.795 bits per heavy atom. The number of alkyl halides is 12. The van der Waals surface area contributed by atoms with E-state index in [9.17, 15) is 67.4 Å². The Kier molecular flexibility index (Phi) is 7.42. The van der Waals surface area contributed by atoms with Crippen LogP contribution in [-0.4, -0.2) is 22.2 Å². The highest BCUT2D eigenvalue weighted by Crippen LogP contribution is 2.46. The maximum absolute atomic E-state index is 13.4. The summed E-state index contributed by atoms with van der Waals surface area (Å²) in [5.74, 6) is -4.15. The van der Waals surface area contributed by atoms with Gasteiger partial charge in [0, 0.05) is 0 Å². The number of rotatable bonds is 6. The lowest BCUT2D eigenvalue weighted by atomic mass is 9.66. The summed E-state index contributed by atoms with van der Waals surface area (Å²) in [6, 6.07) is -0.699. The largest absolute Gasteiger partial charge is 0.481 e. The van der Waals surface area contributed by atoms with Gasteiger partial charge in [-0.1, -0.05) is 0 Å². The first-order valence-corrected chi connectivity index (χ1v) is 10.3. The van der Waals surface area contributed by atoms with Crippen LogP contribution in [0.1, 0.15) is 53.6 Å². The highest BCUT2D eigenvalue weighted by atomic mass is 19.4. The molecular formula is C23H16F12O4. The molecule has 0 aliphatic rings. The van der Waals surface area contributed by atoms with Gasteiger partial charge >= 0.3 is 36.6 Å². The fraction of sp³-hybridized carbons (Fsp3) is 0.391. The Labute approximate surface area is 212 Å². The van der Waals surface area contributed by atoms with Crippen molar-refractivity contribution in [3.63, 3.8) is 0 Å². The highest BCUT2D eigenvalue weighted by Gasteiger charge is 2.50. The third kappa shape index (κ3) is 6.58. The Morgan fingerprint density at radius 3 is 1.00 bits per heavy atom. The molecule has 2 unspecified atom stereocenters. The lowest BCUT2D eigenvalue weighted by Crippen LogP contribution is -2.44. The van der Waals surface area contributed by atoms with Crippen LogP contribution in [0.4, 0.5) is 52.7 Å². The van der Waals surface area contributed by atoms with E-state index in [1.165, 1.54) is 0 Å². The molecule has 0 saturated heterocycles. The molecule has 0 radical (unpaired) electrons. The number of aliphatic carboxylic acids is 2. The van der Waals surface area contributed by atoms with Gasteiger partial charge in [0.05, 0.1) is 33.1 Å². The number of hydrogen-bond acceptors (Lipinski definition) is 3. The molecule has 0 saturated carbocycles. The SMILES string of the molecule is [2H]OC(=O)C(C)(CC(C)(C(=O)O)c1cc(C(F)(F)F)cc(C(F)(F)F)c1)c1cc(C(F)(F)F)cc(C(F)(F)F)c1. The molecule has 4 nitrogen and oxygen atoms in total. The quantitative estimate of drug-likeness (QED) is 0.344. The number of halogens is 12. The van der Waals surface area contributed by atoms with E-state index < -0.39 is 87.3 Å². The highest BCUT2D eigenvalue weighted by molar-refractivity contribution is 5.86. The van der Waals surface area contributed by atoms with Crippen molar-refractivity contribution in [2.75, 3.05) is 0 Å². The van der Waals surface area contributed by atoms with Gasteiger partial charge in [-0.3, -0.25) is 9.59 Å². The summed E-state index contributed by atoms with van der Waals surface area (Å²) in [4.78, 5) is 24.9. The van der Waals surface area contributed by atoms with Gasteiger partial charge in [0.2, 0.25) is 0 Å². The first kappa shape index (κ1) is 30.1. The molecule has 2 aromatic rings. The molecule has 0 heterocycles. The minimum Gasteiger partial charge on any atom is -0.481 e. The summed E-state index contributed by atoms with van der Waals surface area (Å²) in [7, 11) is 0. The van der Waals surface area contributed by atoms with Crippen LogP contribution < -0.4 is 0 Å². The molecule has 0 fully saturated rings. The molecule has 2 rings (SSSR count). The zero-order valence-corrected chi connectivity index (χ0v) is 19.4. The Hall–Kier alpha value is -3.46. The zero-order valence-electron chi connectivity index (χ0n) is 20.4. The third-order valence-corrected chi connectivity index (χ3v) is 6.08. The predicted octanol–water partition coefficient (Wildman–Crippen LogP) is 7.54. The van der Waals surface area contributed by atoms with Gasteiger partial charge in [-0.25, -0.2) is 0 Å². The minimum absolute atomic E-state index is 0.00170. The second-order valence-electron chi connectivity index (χ2n) is 9.02. The Bertz CT molecular complexity index is 1230. The van der Waals surface area contributed by atoms with Crippen LogP contribution in [0.15, 0.2) is 36.4 Å². The summed E-state index contributed by atoms with van der Waals surface area (Å²) in [5, 5.41) is 13.6. The van der Waals surface area contributed by atoms with Crippen molar-refractivity contribution in [3.8, 4) is 0 Å². The second kappa shape index (κ2) is 9.62. The number of carboxylic acids is 2. The Balaban J connectivity index is 2.96. The van der Waals surface area contributed by atoms with Crippen molar-refractivity contribution in [1.29, 1.82) is 1.43 Å². The lowest BCUT2D eigenvalue weighted by molar-refractivity contribution is -0.150. The molecule has 0 aromatic heterocycles. The monoisotopic (exact) mass is 585 g/mol. The van der Waals surface area contributed by atoms with Crippen LogP contribution in [-0.2, 0) is 45.1 Å². The summed E-state index contributed by atoms with van der Waals surface area (Å²) in [6.45, 7) is 1.05. The second-order valence-corrected chi connectivity index (χ2v) is 9.02. The van der Waals surface area contributed by atoms with Crippen LogP contribution in [0.25, 0.3) is 1.43 Å². The number of benzene rings is 2. The van der Waals surface area contributed by atoms with Crippen molar-refractivity contribution in [2.45, 2.75) is 55.8 Å². The molecule has 2 N–H and O–H groups in total. The lowest BCUT2D eigenvalue weighted by Gasteiger charge is -2.36. The zero-order chi connectivity index (χ0) is 31.3. The fourth-order valence-electron chi connectivity index (χ4n) is 3.85. The summed E-state index contributed by atoms with van der Waals surface area (Å²) >= 11 is 0. The normalized spacial score (nSPS) is 16.6. The van der Waals surface area contributed by atoms with E-state index in [-0.39, 0.29) is 36.4 Å². The van der Waals surface area contributed by atoms with E-state index in [1.54, 1.807) is 0 Å². The maximum atomic E-state index is 13.4. The van der Waals surface area contributed by atoms with E-state index in [2.05, 4.69) is 5.11 Å². The molecule has 0 aliphatic carbocycles. The summed E-state index contributed by atoms with van der Waals surface area (Å²) < 4.78 is 168. The van der Waals surface area contributed by atoms with Crippen molar-refractivity contribution in [1.82, 2.24) is 0 Å². The van der Waals surface area contributed by atoms with Gasteiger partial charge in [0.15, 0.2) is 0 Å². The van der Waals surface area contributed by atoms with Crippen molar-refractivity contribution in [3.05, 3.63) is 69.8 Å². The number of hydrogen-bond donors (Lipinski definition) is 2.